The van der Waals surface area contributed by atoms with Crippen molar-refractivity contribution >= 4 is 27.5 Å². The summed E-state index contributed by atoms with van der Waals surface area (Å²) in [5.74, 6) is 0.985. The maximum absolute atomic E-state index is 12.8. The molecule has 0 N–H and O–H groups in total. The lowest BCUT2D eigenvalue weighted by molar-refractivity contribution is 0.0947. The summed E-state index contributed by atoms with van der Waals surface area (Å²) < 4.78 is 11.6. The number of anilines is 1. The highest BCUT2D eigenvalue weighted by atomic mass is 79.9. The average molecular weight is 350 g/mol. The van der Waals surface area contributed by atoms with Gasteiger partial charge in [-0.25, -0.2) is 9.97 Å². The molecule has 1 aliphatic carbocycles. The summed E-state index contributed by atoms with van der Waals surface area (Å²) in [4.78, 5) is 22.8. The van der Waals surface area contributed by atoms with Crippen LogP contribution < -0.4 is 9.64 Å². The van der Waals surface area contributed by atoms with Gasteiger partial charge in [-0.3, -0.25) is 9.69 Å². The van der Waals surface area contributed by atoms with Gasteiger partial charge in [0, 0.05) is 16.6 Å². The Balaban J connectivity index is 1.72. The molecular weight excluding hydrogens is 338 g/mol. The highest BCUT2D eigenvalue weighted by Gasteiger charge is 2.35. The lowest BCUT2D eigenvalue weighted by atomic mass is 10.2. The van der Waals surface area contributed by atoms with E-state index in [1.54, 1.807) is 11.1 Å². The molecule has 2 aromatic rings. The van der Waals surface area contributed by atoms with E-state index < -0.39 is 0 Å². The minimum atomic E-state index is -0.182. The van der Waals surface area contributed by atoms with E-state index in [9.17, 15) is 4.79 Å². The normalized spacial score (nSPS) is 17.3. The zero-order chi connectivity index (χ0) is 14.4. The van der Waals surface area contributed by atoms with Gasteiger partial charge in [-0.1, -0.05) is 0 Å². The van der Waals surface area contributed by atoms with Gasteiger partial charge < -0.3 is 9.15 Å². The van der Waals surface area contributed by atoms with Crippen LogP contribution in [0.25, 0.3) is 0 Å². The first kappa shape index (κ1) is 12.8. The minimum absolute atomic E-state index is 0.182. The summed E-state index contributed by atoms with van der Waals surface area (Å²) >= 11 is 3.37. The van der Waals surface area contributed by atoms with E-state index in [-0.39, 0.29) is 5.91 Å². The summed E-state index contributed by atoms with van der Waals surface area (Å²) in [6.07, 6.45) is 5.14. The molecule has 4 rings (SSSR count). The van der Waals surface area contributed by atoms with Gasteiger partial charge in [0.05, 0.1) is 12.2 Å². The summed E-state index contributed by atoms with van der Waals surface area (Å²) in [6.45, 7) is 0.884. The second kappa shape index (κ2) is 4.84. The van der Waals surface area contributed by atoms with Crippen LogP contribution in [0.15, 0.2) is 27.5 Å². The number of amides is 1. The lowest BCUT2D eigenvalue weighted by Crippen LogP contribution is -2.38. The molecule has 0 saturated heterocycles. The molecule has 6 nitrogen and oxygen atoms in total. The predicted octanol–water partition coefficient (Wildman–Crippen LogP) is 2.75. The molecule has 0 aromatic carbocycles. The summed E-state index contributed by atoms with van der Waals surface area (Å²) in [7, 11) is 0. The number of carbonyl (C=O) groups excluding carboxylic acids is 1. The quantitative estimate of drug-likeness (QED) is 0.833. The van der Waals surface area contributed by atoms with E-state index in [4.69, 9.17) is 9.15 Å². The largest absolute Gasteiger partial charge is 0.474 e. The molecule has 0 spiro atoms. The van der Waals surface area contributed by atoms with Crippen molar-refractivity contribution in [3.63, 3.8) is 0 Å². The number of pyridine rings is 1. The van der Waals surface area contributed by atoms with Crippen molar-refractivity contribution in [2.75, 3.05) is 18.1 Å². The van der Waals surface area contributed by atoms with Gasteiger partial charge in [-0.2, -0.15) is 0 Å². The fourth-order valence-corrected chi connectivity index (χ4v) is 2.79. The Morgan fingerprint density at radius 3 is 3.05 bits per heavy atom. The third-order valence-corrected chi connectivity index (χ3v) is 4.08. The Morgan fingerprint density at radius 2 is 2.24 bits per heavy atom. The van der Waals surface area contributed by atoms with Crippen LogP contribution in [-0.4, -0.2) is 29.0 Å². The van der Waals surface area contributed by atoms with Crippen LogP contribution in [0.1, 0.15) is 35.0 Å². The second-order valence-corrected chi connectivity index (χ2v) is 6.04. The zero-order valence-corrected chi connectivity index (χ0v) is 12.7. The Kier molecular flexibility index (Phi) is 2.95. The number of rotatable bonds is 2. The molecule has 1 aliphatic heterocycles. The topological polar surface area (TPSA) is 68.5 Å². The molecular formula is C14H12BrN3O3. The van der Waals surface area contributed by atoms with Crippen molar-refractivity contribution in [2.45, 2.75) is 18.8 Å². The van der Waals surface area contributed by atoms with Gasteiger partial charge in [0.15, 0.2) is 6.39 Å². The van der Waals surface area contributed by atoms with Crippen LogP contribution >= 0.6 is 15.9 Å². The van der Waals surface area contributed by atoms with Crippen LogP contribution in [0.3, 0.4) is 0 Å². The molecule has 0 atom stereocenters. The standard InChI is InChI=1S/C14H12BrN3O3/c15-9-5-10-13(16-6-9)20-4-3-18(10)14(19)12-11(8-1-2-8)17-7-21-12/h5-8H,1-4H2. The molecule has 21 heavy (non-hydrogen) atoms. The van der Waals surface area contributed by atoms with Crippen molar-refractivity contribution < 1.29 is 13.9 Å². The number of hydrogen-bond donors (Lipinski definition) is 0. The average Bonchev–Trinajstić information content (AvgIpc) is 3.23. The predicted molar refractivity (Wildman–Crippen MR) is 77.6 cm³/mol. The molecule has 0 unspecified atom stereocenters. The van der Waals surface area contributed by atoms with E-state index in [2.05, 4.69) is 25.9 Å². The third kappa shape index (κ3) is 2.21. The fraction of sp³-hybridized carbons (Fsp3) is 0.357. The fourth-order valence-electron chi connectivity index (χ4n) is 2.47. The van der Waals surface area contributed by atoms with E-state index in [0.29, 0.717) is 36.4 Å². The van der Waals surface area contributed by atoms with E-state index in [1.165, 1.54) is 6.39 Å². The first-order chi connectivity index (χ1) is 10.2. The van der Waals surface area contributed by atoms with Gasteiger partial charge >= 0.3 is 0 Å². The van der Waals surface area contributed by atoms with Crippen molar-refractivity contribution in [3.8, 4) is 5.88 Å². The maximum atomic E-state index is 12.8. The SMILES string of the molecule is O=C(c1ocnc1C1CC1)N1CCOc2ncc(Br)cc21. The molecule has 0 bridgehead atoms. The summed E-state index contributed by atoms with van der Waals surface area (Å²) in [5, 5.41) is 0. The number of ether oxygens (including phenoxy) is 1. The van der Waals surface area contributed by atoms with E-state index >= 15 is 0 Å². The number of halogens is 1. The third-order valence-electron chi connectivity index (χ3n) is 3.64. The lowest BCUT2D eigenvalue weighted by Gasteiger charge is -2.28. The Bertz CT molecular complexity index is 711. The van der Waals surface area contributed by atoms with Crippen LogP contribution in [0.5, 0.6) is 5.88 Å². The van der Waals surface area contributed by atoms with Crippen LogP contribution in [0, 0.1) is 0 Å². The molecule has 1 fully saturated rings. The molecule has 7 heteroatoms. The molecule has 3 heterocycles. The van der Waals surface area contributed by atoms with E-state index in [1.807, 2.05) is 6.07 Å². The Morgan fingerprint density at radius 1 is 1.38 bits per heavy atom. The second-order valence-electron chi connectivity index (χ2n) is 5.12. The number of hydrogen-bond acceptors (Lipinski definition) is 5. The molecule has 0 radical (unpaired) electrons. The van der Waals surface area contributed by atoms with Gasteiger partial charge in [0.2, 0.25) is 11.6 Å². The van der Waals surface area contributed by atoms with Crippen LogP contribution in [0.4, 0.5) is 5.69 Å². The highest BCUT2D eigenvalue weighted by Crippen LogP contribution is 2.41. The molecule has 2 aromatic heterocycles. The maximum Gasteiger partial charge on any atom is 0.296 e. The number of fused-ring (bicyclic) bond motifs is 1. The summed E-state index contributed by atoms with van der Waals surface area (Å²) in [6, 6.07) is 1.83. The first-order valence-electron chi connectivity index (χ1n) is 6.77. The van der Waals surface area contributed by atoms with Gasteiger partial charge in [0.25, 0.3) is 5.91 Å². The van der Waals surface area contributed by atoms with Crippen molar-refractivity contribution in [1.82, 2.24) is 9.97 Å². The summed E-state index contributed by atoms with van der Waals surface area (Å²) in [5.41, 5.74) is 1.43. The van der Waals surface area contributed by atoms with Gasteiger partial charge in [-0.05, 0) is 34.8 Å². The molecule has 108 valence electrons. The van der Waals surface area contributed by atoms with Crippen molar-refractivity contribution in [1.29, 1.82) is 0 Å². The van der Waals surface area contributed by atoms with Crippen LogP contribution in [0.2, 0.25) is 0 Å². The number of oxazole rings is 1. The van der Waals surface area contributed by atoms with Crippen molar-refractivity contribution in [3.05, 3.63) is 34.6 Å². The monoisotopic (exact) mass is 349 g/mol. The smallest absolute Gasteiger partial charge is 0.296 e. The van der Waals surface area contributed by atoms with E-state index in [0.717, 1.165) is 23.0 Å². The number of aromatic nitrogens is 2. The van der Waals surface area contributed by atoms with Gasteiger partial charge in [0.1, 0.15) is 12.3 Å². The molecule has 1 saturated carbocycles. The highest BCUT2D eigenvalue weighted by molar-refractivity contribution is 9.10. The number of nitrogens with zero attached hydrogens (tertiary/aromatic N) is 3. The molecule has 2 aliphatic rings. The number of carbonyl (C=O) groups is 1. The minimum Gasteiger partial charge on any atom is -0.474 e. The first-order valence-corrected chi connectivity index (χ1v) is 7.57. The Labute approximate surface area is 129 Å². The zero-order valence-electron chi connectivity index (χ0n) is 11.1. The van der Waals surface area contributed by atoms with Gasteiger partial charge in [-0.15, -0.1) is 0 Å². The Hall–Kier alpha value is -1.89. The molecule has 1 amide bonds. The van der Waals surface area contributed by atoms with Crippen LogP contribution in [-0.2, 0) is 0 Å². The van der Waals surface area contributed by atoms with Crippen molar-refractivity contribution in [2.24, 2.45) is 0 Å².